The van der Waals surface area contributed by atoms with Gasteiger partial charge in [0.1, 0.15) is 0 Å². The molecule has 0 amide bonds. The third-order valence-electron chi connectivity index (χ3n) is 2.95. The maximum absolute atomic E-state index is 12.9. The van der Waals surface area contributed by atoms with Crippen molar-refractivity contribution in [3.63, 3.8) is 0 Å². The molecule has 86 valence electrons. The number of halogens is 2. The highest BCUT2D eigenvalue weighted by atomic mass is 19.3. The van der Waals surface area contributed by atoms with Crippen molar-refractivity contribution in [2.24, 2.45) is 11.7 Å². The van der Waals surface area contributed by atoms with Crippen molar-refractivity contribution in [1.82, 2.24) is 0 Å². The zero-order chi connectivity index (χ0) is 11.3. The van der Waals surface area contributed by atoms with Gasteiger partial charge in [-0.3, -0.25) is 0 Å². The SMILES string of the molecule is N[C@@H](c1cccc2c1OC(F)(F)O2)C1CC1. The Morgan fingerprint density at radius 3 is 2.75 bits per heavy atom. The van der Waals surface area contributed by atoms with Crippen LogP contribution in [0.1, 0.15) is 24.4 Å². The molecule has 1 aromatic carbocycles. The van der Waals surface area contributed by atoms with E-state index in [1.54, 1.807) is 12.1 Å². The molecular weight excluding hydrogens is 216 g/mol. The molecule has 3 rings (SSSR count). The van der Waals surface area contributed by atoms with Gasteiger partial charge in [0.2, 0.25) is 0 Å². The highest BCUT2D eigenvalue weighted by molar-refractivity contribution is 5.50. The Kier molecular flexibility index (Phi) is 1.89. The second kappa shape index (κ2) is 3.07. The Balaban J connectivity index is 1.99. The highest BCUT2D eigenvalue weighted by Crippen LogP contribution is 2.49. The average molecular weight is 227 g/mol. The van der Waals surface area contributed by atoms with Crippen LogP contribution < -0.4 is 15.2 Å². The Hall–Kier alpha value is -1.36. The summed E-state index contributed by atoms with van der Waals surface area (Å²) in [5.41, 5.74) is 6.59. The van der Waals surface area contributed by atoms with Crippen molar-refractivity contribution in [1.29, 1.82) is 0 Å². The van der Waals surface area contributed by atoms with E-state index in [1.165, 1.54) is 6.07 Å². The lowest BCUT2D eigenvalue weighted by Gasteiger charge is -2.13. The molecule has 5 heteroatoms. The van der Waals surface area contributed by atoms with Gasteiger partial charge in [0.25, 0.3) is 0 Å². The molecule has 0 spiro atoms. The van der Waals surface area contributed by atoms with E-state index in [-0.39, 0.29) is 17.5 Å². The second-order valence-corrected chi connectivity index (χ2v) is 4.21. The topological polar surface area (TPSA) is 44.5 Å². The molecule has 0 radical (unpaired) electrons. The molecule has 1 heterocycles. The van der Waals surface area contributed by atoms with Crippen molar-refractivity contribution < 1.29 is 18.3 Å². The van der Waals surface area contributed by atoms with Crippen LogP contribution >= 0.6 is 0 Å². The highest BCUT2D eigenvalue weighted by Gasteiger charge is 2.45. The van der Waals surface area contributed by atoms with Gasteiger partial charge in [0.05, 0.1) is 0 Å². The summed E-state index contributed by atoms with van der Waals surface area (Å²) in [6.45, 7) is 0. The van der Waals surface area contributed by atoms with E-state index >= 15 is 0 Å². The van der Waals surface area contributed by atoms with E-state index in [9.17, 15) is 8.78 Å². The summed E-state index contributed by atoms with van der Waals surface area (Å²) in [5, 5.41) is 0. The molecule has 16 heavy (non-hydrogen) atoms. The summed E-state index contributed by atoms with van der Waals surface area (Å²) in [6.07, 6.45) is -1.48. The number of rotatable bonds is 2. The van der Waals surface area contributed by atoms with Gasteiger partial charge in [-0.15, -0.1) is 8.78 Å². The summed E-state index contributed by atoms with van der Waals surface area (Å²) in [5.74, 6) is 0.537. The predicted octanol–water partition coefficient (Wildman–Crippen LogP) is 2.42. The molecule has 1 aliphatic carbocycles. The minimum absolute atomic E-state index is 0.0681. The maximum Gasteiger partial charge on any atom is 0.586 e. The maximum atomic E-state index is 12.9. The number of para-hydroxylation sites is 1. The van der Waals surface area contributed by atoms with Crippen molar-refractivity contribution in [2.45, 2.75) is 25.2 Å². The Morgan fingerprint density at radius 1 is 1.31 bits per heavy atom. The van der Waals surface area contributed by atoms with Gasteiger partial charge >= 0.3 is 6.29 Å². The lowest BCUT2D eigenvalue weighted by molar-refractivity contribution is -0.287. The van der Waals surface area contributed by atoms with E-state index < -0.39 is 6.29 Å². The number of ether oxygens (including phenoxy) is 2. The molecule has 1 saturated carbocycles. The summed E-state index contributed by atoms with van der Waals surface area (Å²) in [4.78, 5) is 0. The monoisotopic (exact) mass is 227 g/mol. The van der Waals surface area contributed by atoms with Gasteiger partial charge < -0.3 is 15.2 Å². The average Bonchev–Trinajstić information content (AvgIpc) is 2.98. The number of fused-ring (bicyclic) bond motifs is 1. The lowest BCUT2D eigenvalue weighted by atomic mass is 10.0. The zero-order valence-electron chi connectivity index (χ0n) is 8.45. The van der Waals surface area contributed by atoms with E-state index in [0.29, 0.717) is 11.5 Å². The van der Waals surface area contributed by atoms with Gasteiger partial charge in [-0.2, -0.15) is 0 Å². The van der Waals surface area contributed by atoms with Gasteiger partial charge in [0.15, 0.2) is 11.5 Å². The number of nitrogens with two attached hydrogens (primary N) is 1. The first-order valence-electron chi connectivity index (χ1n) is 5.21. The minimum atomic E-state index is -3.57. The van der Waals surface area contributed by atoms with Gasteiger partial charge in [-0.25, -0.2) is 0 Å². The van der Waals surface area contributed by atoms with Crippen LogP contribution in [0, 0.1) is 5.92 Å². The van der Waals surface area contributed by atoms with Crippen molar-refractivity contribution in [3.05, 3.63) is 23.8 Å². The van der Waals surface area contributed by atoms with E-state index in [2.05, 4.69) is 9.47 Å². The third-order valence-corrected chi connectivity index (χ3v) is 2.95. The van der Waals surface area contributed by atoms with Crippen LogP contribution in [0.3, 0.4) is 0 Å². The number of benzene rings is 1. The van der Waals surface area contributed by atoms with Crippen molar-refractivity contribution in [3.8, 4) is 11.5 Å². The molecule has 0 bridgehead atoms. The summed E-state index contributed by atoms with van der Waals surface area (Å²) in [7, 11) is 0. The Morgan fingerprint density at radius 2 is 2.06 bits per heavy atom. The minimum Gasteiger partial charge on any atom is -0.395 e. The standard InChI is InChI=1S/C11H11F2NO2/c12-11(13)15-8-3-1-2-7(10(8)16-11)9(14)6-4-5-6/h1-3,6,9H,4-5,14H2/t9-/m1/s1. The first kappa shape index (κ1) is 9.84. The van der Waals surface area contributed by atoms with Crippen LogP contribution in [0.15, 0.2) is 18.2 Å². The molecule has 1 aliphatic heterocycles. The molecule has 0 unspecified atom stereocenters. The quantitative estimate of drug-likeness (QED) is 0.843. The normalized spacial score (nSPS) is 23.2. The van der Waals surface area contributed by atoms with Crippen molar-refractivity contribution >= 4 is 0 Å². The third kappa shape index (κ3) is 1.51. The largest absolute Gasteiger partial charge is 0.586 e. The van der Waals surface area contributed by atoms with Gasteiger partial charge in [-0.05, 0) is 24.8 Å². The molecule has 0 aromatic heterocycles. The molecule has 2 N–H and O–H groups in total. The fraction of sp³-hybridized carbons (Fsp3) is 0.455. The van der Waals surface area contributed by atoms with Crippen molar-refractivity contribution in [2.75, 3.05) is 0 Å². The van der Waals surface area contributed by atoms with Crippen LogP contribution in [0.5, 0.6) is 11.5 Å². The van der Waals surface area contributed by atoms with Crippen LogP contribution in [-0.4, -0.2) is 6.29 Å². The molecule has 3 nitrogen and oxygen atoms in total. The van der Waals surface area contributed by atoms with E-state index in [1.807, 2.05) is 0 Å². The van der Waals surface area contributed by atoms with Gasteiger partial charge in [-0.1, -0.05) is 12.1 Å². The molecule has 2 aliphatic rings. The van der Waals surface area contributed by atoms with Gasteiger partial charge in [0, 0.05) is 11.6 Å². The first-order valence-corrected chi connectivity index (χ1v) is 5.21. The van der Waals surface area contributed by atoms with E-state index in [0.717, 1.165) is 12.8 Å². The number of hydrogen-bond donors (Lipinski definition) is 1. The fourth-order valence-electron chi connectivity index (χ4n) is 1.96. The summed E-state index contributed by atoms with van der Waals surface area (Å²) in [6, 6.07) is 4.58. The smallest absolute Gasteiger partial charge is 0.395 e. The molecule has 1 aromatic rings. The zero-order valence-corrected chi connectivity index (χ0v) is 8.45. The second-order valence-electron chi connectivity index (χ2n) is 4.21. The number of alkyl halides is 2. The summed E-state index contributed by atoms with van der Waals surface area (Å²) < 4.78 is 34.7. The predicted molar refractivity (Wildman–Crippen MR) is 52.3 cm³/mol. The van der Waals surface area contributed by atoms with Crippen LogP contribution in [0.25, 0.3) is 0 Å². The molecule has 1 fully saturated rings. The number of hydrogen-bond acceptors (Lipinski definition) is 3. The molecule has 1 atom stereocenters. The Labute approximate surface area is 91.1 Å². The molecule has 0 saturated heterocycles. The van der Waals surface area contributed by atoms with Crippen LogP contribution in [0.4, 0.5) is 8.78 Å². The van der Waals surface area contributed by atoms with E-state index in [4.69, 9.17) is 5.73 Å². The van der Waals surface area contributed by atoms with Crippen LogP contribution in [0.2, 0.25) is 0 Å². The fourth-order valence-corrected chi connectivity index (χ4v) is 1.96. The Bertz CT molecular complexity index is 432. The summed E-state index contributed by atoms with van der Waals surface area (Å²) >= 11 is 0. The molecular formula is C11H11F2NO2. The van der Waals surface area contributed by atoms with Crippen LogP contribution in [-0.2, 0) is 0 Å². The first-order chi connectivity index (χ1) is 7.57. The lowest BCUT2D eigenvalue weighted by Crippen LogP contribution is -2.26.